The topological polar surface area (TPSA) is 82.6 Å². The fourth-order valence-corrected chi connectivity index (χ4v) is 6.36. The van der Waals surface area contributed by atoms with E-state index in [-0.39, 0.29) is 37.9 Å². The molecule has 1 atom stereocenters. The quantitative estimate of drug-likeness (QED) is 0.0992. The van der Waals surface area contributed by atoms with Crippen molar-refractivity contribution in [3.8, 4) is 5.75 Å². The van der Waals surface area contributed by atoms with Gasteiger partial charge in [-0.3, -0.25) is 14.4 Å². The highest BCUT2D eigenvalue weighted by Crippen LogP contribution is 2.29. The number of hydrogen-bond donors (Lipinski definition) is 0. The maximum Gasteiger partial charge on any atom is 0.416 e. The van der Waals surface area contributed by atoms with Gasteiger partial charge in [0.05, 0.1) is 25.9 Å². The van der Waals surface area contributed by atoms with Crippen LogP contribution in [0, 0.1) is 0 Å². The van der Waals surface area contributed by atoms with Crippen LogP contribution in [0.1, 0.15) is 34.7 Å². The van der Waals surface area contributed by atoms with E-state index >= 15 is 0 Å². The highest BCUT2D eigenvalue weighted by molar-refractivity contribution is 5.95. The largest absolute Gasteiger partial charge is 0.497 e. The third-order valence-corrected chi connectivity index (χ3v) is 9.60. The molecule has 1 fully saturated rings. The molecule has 290 valence electrons. The van der Waals surface area contributed by atoms with Crippen molar-refractivity contribution in [1.82, 2.24) is 14.7 Å². The molecule has 55 heavy (non-hydrogen) atoms. The number of carbonyl (C=O) groups excluding carboxylic acids is 3. The molecule has 0 radical (unpaired) electrons. The van der Waals surface area contributed by atoms with E-state index in [0.717, 1.165) is 40.3 Å². The molecule has 0 aromatic heterocycles. The minimum atomic E-state index is -4.48. The van der Waals surface area contributed by atoms with E-state index < -0.39 is 23.7 Å². The summed E-state index contributed by atoms with van der Waals surface area (Å²) in [6.07, 6.45) is -1.50. The van der Waals surface area contributed by atoms with E-state index in [0.29, 0.717) is 38.3 Å². The normalized spacial score (nSPS) is 13.8. The Balaban J connectivity index is 1.38. The van der Waals surface area contributed by atoms with Crippen LogP contribution in [0.5, 0.6) is 5.75 Å². The first kappa shape index (κ1) is 40.6. The molecule has 0 bridgehead atoms. The molecular formula is C43H47F3N4O5. The lowest BCUT2D eigenvalue weighted by molar-refractivity contribution is -0.143. The summed E-state index contributed by atoms with van der Waals surface area (Å²) in [7, 11) is 3.27. The van der Waals surface area contributed by atoms with Crippen LogP contribution in [-0.2, 0) is 44.9 Å². The minimum absolute atomic E-state index is 0.0538. The van der Waals surface area contributed by atoms with Gasteiger partial charge < -0.3 is 29.1 Å². The van der Waals surface area contributed by atoms with Gasteiger partial charge >= 0.3 is 6.18 Å². The van der Waals surface area contributed by atoms with Crippen LogP contribution < -0.4 is 9.64 Å². The molecule has 1 saturated heterocycles. The van der Waals surface area contributed by atoms with Crippen molar-refractivity contribution < 1.29 is 37.0 Å². The Morgan fingerprint density at radius 1 is 0.836 bits per heavy atom. The van der Waals surface area contributed by atoms with E-state index in [2.05, 4.69) is 4.90 Å². The highest BCUT2D eigenvalue weighted by Gasteiger charge is 2.32. The van der Waals surface area contributed by atoms with E-state index in [9.17, 15) is 27.6 Å². The minimum Gasteiger partial charge on any atom is -0.497 e. The Morgan fingerprint density at radius 2 is 1.51 bits per heavy atom. The van der Waals surface area contributed by atoms with E-state index in [4.69, 9.17) is 9.47 Å². The Bertz CT molecular complexity index is 1890. The predicted octanol–water partition coefficient (Wildman–Crippen LogP) is 6.71. The van der Waals surface area contributed by atoms with Gasteiger partial charge in [0.1, 0.15) is 11.8 Å². The summed E-state index contributed by atoms with van der Waals surface area (Å²) < 4.78 is 50.8. The van der Waals surface area contributed by atoms with E-state index in [1.165, 1.54) is 29.2 Å². The Morgan fingerprint density at radius 3 is 2.15 bits per heavy atom. The Labute approximate surface area is 320 Å². The number of benzene rings is 4. The van der Waals surface area contributed by atoms with Crippen molar-refractivity contribution in [1.29, 1.82) is 0 Å². The number of rotatable bonds is 15. The highest BCUT2D eigenvalue weighted by atomic mass is 19.4. The average Bonchev–Trinajstić information content (AvgIpc) is 3.20. The lowest BCUT2D eigenvalue weighted by Crippen LogP contribution is -2.51. The van der Waals surface area contributed by atoms with Crippen LogP contribution in [-0.4, -0.2) is 92.0 Å². The molecule has 4 aromatic carbocycles. The number of alkyl halides is 3. The summed E-state index contributed by atoms with van der Waals surface area (Å²) in [5.74, 6) is 0.0147. The second-order valence-corrected chi connectivity index (χ2v) is 13.4. The number of likely N-dealkylation sites (N-methyl/N-ethyl adjacent to an activating group) is 1. The zero-order valence-corrected chi connectivity index (χ0v) is 31.4. The van der Waals surface area contributed by atoms with Crippen LogP contribution >= 0.6 is 0 Å². The number of ether oxygens (including phenoxy) is 2. The number of carbonyl (C=O) groups is 3. The Kier molecular flexibility index (Phi) is 14.1. The molecule has 9 nitrogen and oxygen atoms in total. The van der Waals surface area contributed by atoms with Crippen LogP contribution in [0.3, 0.4) is 0 Å². The third-order valence-electron chi connectivity index (χ3n) is 9.60. The van der Waals surface area contributed by atoms with Gasteiger partial charge in [0.15, 0.2) is 0 Å². The number of anilines is 1. The number of methoxy groups -OCH3 is 1. The van der Waals surface area contributed by atoms with Gasteiger partial charge in [-0.15, -0.1) is 0 Å². The molecule has 1 heterocycles. The number of halogens is 3. The number of amides is 3. The first-order valence-electron chi connectivity index (χ1n) is 18.2. The fourth-order valence-electron chi connectivity index (χ4n) is 6.36. The summed E-state index contributed by atoms with van der Waals surface area (Å²) >= 11 is 0. The average molecular weight is 757 g/mol. The molecule has 3 amide bonds. The molecule has 5 rings (SSSR count). The van der Waals surface area contributed by atoms with Crippen molar-refractivity contribution >= 4 is 29.5 Å². The molecular weight excluding hydrogens is 709 g/mol. The second kappa shape index (κ2) is 19.1. The van der Waals surface area contributed by atoms with Gasteiger partial charge in [0.2, 0.25) is 17.7 Å². The van der Waals surface area contributed by atoms with Gasteiger partial charge in [0.25, 0.3) is 0 Å². The number of nitrogens with zero attached hydrogens (tertiary/aromatic N) is 4. The molecule has 4 aromatic rings. The summed E-state index contributed by atoms with van der Waals surface area (Å²) in [5, 5.41) is 0. The smallest absolute Gasteiger partial charge is 0.416 e. The van der Waals surface area contributed by atoms with Gasteiger partial charge in [0, 0.05) is 71.4 Å². The molecule has 0 unspecified atom stereocenters. The molecule has 12 heteroatoms. The second-order valence-electron chi connectivity index (χ2n) is 13.4. The van der Waals surface area contributed by atoms with Crippen LogP contribution in [0.4, 0.5) is 18.9 Å². The molecule has 1 aliphatic heterocycles. The summed E-state index contributed by atoms with van der Waals surface area (Å²) in [4.78, 5) is 47.5. The van der Waals surface area contributed by atoms with Gasteiger partial charge in [-0.2, -0.15) is 13.2 Å². The zero-order chi connectivity index (χ0) is 39.4. The predicted molar refractivity (Wildman–Crippen MR) is 206 cm³/mol. The van der Waals surface area contributed by atoms with Crippen LogP contribution in [0.2, 0.25) is 0 Å². The molecule has 0 aliphatic carbocycles. The zero-order valence-electron chi connectivity index (χ0n) is 31.4. The van der Waals surface area contributed by atoms with Crippen molar-refractivity contribution in [2.45, 2.75) is 38.7 Å². The van der Waals surface area contributed by atoms with Crippen molar-refractivity contribution in [2.24, 2.45) is 0 Å². The monoisotopic (exact) mass is 756 g/mol. The third kappa shape index (κ3) is 11.7. The Hall–Kier alpha value is -5.62. The van der Waals surface area contributed by atoms with Crippen molar-refractivity contribution in [2.75, 3.05) is 58.4 Å². The summed E-state index contributed by atoms with van der Waals surface area (Å²) in [6.45, 7) is 5.17. The first-order chi connectivity index (χ1) is 26.4. The van der Waals surface area contributed by atoms with Crippen molar-refractivity contribution in [3.05, 3.63) is 137 Å². The fraction of sp³-hybridized carbons (Fsp3) is 0.326. The maximum atomic E-state index is 14.4. The lowest BCUT2D eigenvalue weighted by atomic mass is 10.0. The van der Waals surface area contributed by atoms with Crippen molar-refractivity contribution in [3.63, 3.8) is 0 Å². The maximum absolute atomic E-state index is 14.4. The summed E-state index contributed by atoms with van der Waals surface area (Å²) in [5.41, 5.74) is 3.18. The first-order valence-corrected chi connectivity index (χ1v) is 18.2. The van der Waals surface area contributed by atoms with Gasteiger partial charge in [-0.05, 0) is 64.7 Å². The van der Waals surface area contributed by atoms with Gasteiger partial charge in [-0.1, -0.05) is 66.7 Å². The van der Waals surface area contributed by atoms with Crippen LogP contribution in [0.15, 0.2) is 109 Å². The molecule has 0 N–H and O–H groups in total. The van der Waals surface area contributed by atoms with Crippen LogP contribution in [0.25, 0.3) is 6.08 Å². The molecule has 0 spiro atoms. The summed E-state index contributed by atoms with van der Waals surface area (Å²) in [6, 6.07) is 28.4. The van der Waals surface area contributed by atoms with E-state index in [1.807, 2.05) is 83.8 Å². The molecule has 1 aliphatic rings. The SMILES string of the molecule is COc1cccc(COCCN(C)C(=O)[C@H](Cc2ccccc2)N(Cc2ccc(N3CCN(C(C)=O)CC3)cc2)C(=O)/C=C/c2ccc(C(F)(F)F)cc2)c1. The number of hydrogen-bond acceptors (Lipinski definition) is 6. The van der Waals surface area contributed by atoms with E-state index in [1.54, 1.807) is 26.0 Å². The lowest BCUT2D eigenvalue weighted by Gasteiger charge is -2.36. The molecule has 0 saturated carbocycles. The number of piperazine rings is 1. The van der Waals surface area contributed by atoms with Gasteiger partial charge in [-0.25, -0.2) is 0 Å². The standard InChI is InChI=1S/C43H47F3N4O5/c1-32(51)48-22-24-49(25-23-48)38-19-14-35(15-20-38)30-50(41(52)21-16-33-12-17-37(18-13-33)43(44,45)46)40(29-34-8-5-4-6-9-34)42(53)47(2)26-27-55-31-36-10-7-11-39(28-36)54-3/h4-21,28,40H,22-27,29-31H2,1-3H3/b21-16+/t40-/m0/s1.